The highest BCUT2D eigenvalue weighted by atomic mass is 16.5. The molecule has 28 heavy (non-hydrogen) atoms. The predicted octanol–water partition coefficient (Wildman–Crippen LogP) is 4.13. The van der Waals surface area contributed by atoms with Crippen molar-refractivity contribution in [2.75, 3.05) is 13.7 Å². The molecular formula is C22H28N2O4. The van der Waals surface area contributed by atoms with E-state index in [-0.39, 0.29) is 23.9 Å². The minimum atomic E-state index is -0.129. The van der Waals surface area contributed by atoms with E-state index in [1.54, 1.807) is 7.11 Å². The van der Waals surface area contributed by atoms with E-state index in [4.69, 9.17) is 9.47 Å². The minimum absolute atomic E-state index is 0.0801. The SMILES string of the molecule is CCOc1cc([C@H](CC)N2C(=O)NC3=CC(C(=O)CC)=CC[C@@H]32)ccc1OC. The maximum Gasteiger partial charge on any atom is 0.322 e. The Morgan fingerprint density at radius 2 is 2.07 bits per heavy atom. The van der Waals surface area contributed by atoms with Gasteiger partial charge < -0.3 is 19.7 Å². The zero-order valence-electron chi connectivity index (χ0n) is 17.0. The number of fused-ring (bicyclic) bond motifs is 1. The maximum absolute atomic E-state index is 12.8. The van der Waals surface area contributed by atoms with Crippen LogP contribution in [0.5, 0.6) is 11.5 Å². The molecule has 1 fully saturated rings. The fourth-order valence-corrected chi connectivity index (χ4v) is 3.92. The number of nitrogens with one attached hydrogen (secondary N) is 1. The topological polar surface area (TPSA) is 67.9 Å². The summed E-state index contributed by atoms with van der Waals surface area (Å²) in [6, 6.07) is 5.51. The summed E-state index contributed by atoms with van der Waals surface area (Å²) in [5.41, 5.74) is 2.50. The van der Waals surface area contributed by atoms with Crippen molar-refractivity contribution < 1.29 is 19.1 Å². The van der Waals surface area contributed by atoms with Gasteiger partial charge in [-0.25, -0.2) is 4.79 Å². The first-order chi connectivity index (χ1) is 13.5. The normalized spacial score (nSPS) is 19.4. The Labute approximate surface area is 166 Å². The van der Waals surface area contributed by atoms with Crippen LogP contribution in [0.1, 0.15) is 51.6 Å². The van der Waals surface area contributed by atoms with Crippen LogP contribution in [0.4, 0.5) is 4.79 Å². The molecule has 2 aliphatic rings. The van der Waals surface area contributed by atoms with Crippen molar-refractivity contribution in [2.45, 2.75) is 52.1 Å². The smallest absolute Gasteiger partial charge is 0.322 e. The summed E-state index contributed by atoms with van der Waals surface area (Å²) in [6.45, 7) is 6.38. The van der Waals surface area contributed by atoms with Crippen LogP contribution in [-0.2, 0) is 4.79 Å². The second-order valence-electron chi connectivity index (χ2n) is 6.89. The Morgan fingerprint density at radius 3 is 2.71 bits per heavy atom. The quantitative estimate of drug-likeness (QED) is 0.732. The molecule has 1 aromatic rings. The van der Waals surface area contributed by atoms with Gasteiger partial charge in [0.2, 0.25) is 0 Å². The van der Waals surface area contributed by atoms with E-state index in [1.807, 2.05) is 49.1 Å². The van der Waals surface area contributed by atoms with Crippen LogP contribution in [0.2, 0.25) is 0 Å². The third-order valence-electron chi connectivity index (χ3n) is 5.29. The molecule has 1 N–H and O–H groups in total. The molecule has 2 amide bonds. The maximum atomic E-state index is 12.8. The Hall–Kier alpha value is -2.76. The molecule has 1 aliphatic heterocycles. The molecule has 6 nitrogen and oxygen atoms in total. The molecule has 1 aromatic carbocycles. The van der Waals surface area contributed by atoms with Crippen LogP contribution in [0.25, 0.3) is 0 Å². The number of amides is 2. The largest absolute Gasteiger partial charge is 0.493 e. The second kappa shape index (κ2) is 8.50. The molecule has 1 heterocycles. The zero-order valence-corrected chi connectivity index (χ0v) is 17.0. The highest BCUT2D eigenvalue weighted by Gasteiger charge is 2.40. The number of carbonyl (C=O) groups excluding carboxylic acids is 2. The predicted molar refractivity (Wildman–Crippen MR) is 107 cm³/mol. The summed E-state index contributed by atoms with van der Waals surface area (Å²) in [6.07, 6.45) is 5.63. The van der Waals surface area contributed by atoms with E-state index in [9.17, 15) is 9.59 Å². The van der Waals surface area contributed by atoms with Gasteiger partial charge in [-0.1, -0.05) is 26.0 Å². The molecule has 3 rings (SSSR count). The number of hydrogen-bond donors (Lipinski definition) is 1. The van der Waals surface area contributed by atoms with E-state index in [1.165, 1.54) is 0 Å². The molecule has 1 aliphatic carbocycles. The number of ether oxygens (including phenoxy) is 2. The van der Waals surface area contributed by atoms with Crippen LogP contribution in [0.3, 0.4) is 0 Å². The number of methoxy groups -OCH3 is 1. The number of ketones is 1. The molecule has 1 saturated heterocycles. The fourth-order valence-electron chi connectivity index (χ4n) is 3.92. The van der Waals surface area contributed by atoms with Crippen LogP contribution in [0, 0.1) is 0 Å². The van der Waals surface area contributed by atoms with Crippen LogP contribution >= 0.6 is 0 Å². The van der Waals surface area contributed by atoms with Crippen LogP contribution < -0.4 is 14.8 Å². The van der Waals surface area contributed by atoms with Gasteiger partial charge in [-0.2, -0.15) is 0 Å². The summed E-state index contributed by atoms with van der Waals surface area (Å²) in [7, 11) is 1.61. The van der Waals surface area contributed by atoms with Gasteiger partial charge in [-0.15, -0.1) is 0 Å². The van der Waals surface area contributed by atoms with Gasteiger partial charge in [0.05, 0.1) is 25.8 Å². The van der Waals surface area contributed by atoms with E-state index in [2.05, 4.69) is 12.2 Å². The first-order valence-electron chi connectivity index (χ1n) is 9.88. The number of benzene rings is 1. The molecule has 0 aromatic heterocycles. The molecule has 0 bridgehead atoms. The molecule has 150 valence electrons. The van der Waals surface area contributed by atoms with Gasteiger partial charge >= 0.3 is 6.03 Å². The Bertz CT molecular complexity index is 828. The van der Waals surface area contributed by atoms with Gasteiger partial charge in [-0.05, 0) is 43.5 Å². The lowest BCUT2D eigenvalue weighted by molar-refractivity contribution is -0.115. The summed E-state index contributed by atoms with van der Waals surface area (Å²) >= 11 is 0. The first kappa shape index (κ1) is 20.0. The van der Waals surface area contributed by atoms with Crippen molar-refractivity contribution >= 4 is 11.8 Å². The van der Waals surface area contributed by atoms with E-state index in [0.717, 1.165) is 17.7 Å². The summed E-state index contributed by atoms with van der Waals surface area (Å²) in [5.74, 6) is 1.45. The number of Topliss-reactive ketones (excluding diaryl/α,β-unsaturated/α-hetero) is 1. The van der Waals surface area contributed by atoms with Gasteiger partial charge in [0.25, 0.3) is 0 Å². The highest BCUT2D eigenvalue weighted by Crippen LogP contribution is 2.38. The van der Waals surface area contributed by atoms with Crippen molar-refractivity contribution in [1.29, 1.82) is 0 Å². The van der Waals surface area contributed by atoms with Gasteiger partial charge in [-0.3, -0.25) is 4.79 Å². The average molecular weight is 384 g/mol. The van der Waals surface area contributed by atoms with Crippen LogP contribution in [-0.4, -0.2) is 36.5 Å². The lowest BCUT2D eigenvalue weighted by Gasteiger charge is -2.32. The second-order valence-corrected chi connectivity index (χ2v) is 6.89. The third kappa shape index (κ3) is 3.63. The van der Waals surface area contributed by atoms with E-state index >= 15 is 0 Å². The molecule has 0 radical (unpaired) electrons. The van der Waals surface area contributed by atoms with Crippen molar-refractivity contribution in [3.8, 4) is 11.5 Å². The fraction of sp³-hybridized carbons (Fsp3) is 0.455. The molecular weight excluding hydrogens is 356 g/mol. The summed E-state index contributed by atoms with van der Waals surface area (Å²) < 4.78 is 11.1. The van der Waals surface area contributed by atoms with Crippen molar-refractivity contribution in [1.82, 2.24) is 10.2 Å². The number of urea groups is 1. The molecule has 0 unspecified atom stereocenters. The van der Waals surface area contributed by atoms with Crippen molar-refractivity contribution in [2.24, 2.45) is 0 Å². The number of nitrogens with zero attached hydrogens (tertiary/aromatic N) is 1. The Morgan fingerprint density at radius 1 is 1.29 bits per heavy atom. The Kier molecular flexibility index (Phi) is 6.07. The van der Waals surface area contributed by atoms with Gasteiger partial charge in [0.15, 0.2) is 17.3 Å². The lowest BCUT2D eigenvalue weighted by Crippen LogP contribution is -2.37. The highest BCUT2D eigenvalue weighted by molar-refractivity contribution is 5.98. The lowest BCUT2D eigenvalue weighted by atomic mass is 9.94. The number of allylic oxidation sites excluding steroid dienone is 2. The van der Waals surface area contributed by atoms with Crippen LogP contribution in [0.15, 0.2) is 41.6 Å². The Balaban J connectivity index is 1.91. The molecule has 0 saturated carbocycles. The molecule has 6 heteroatoms. The van der Waals surface area contributed by atoms with Crippen molar-refractivity contribution in [3.63, 3.8) is 0 Å². The van der Waals surface area contributed by atoms with Crippen molar-refractivity contribution in [3.05, 3.63) is 47.2 Å². The first-order valence-corrected chi connectivity index (χ1v) is 9.88. The van der Waals surface area contributed by atoms with E-state index < -0.39 is 0 Å². The number of carbonyl (C=O) groups is 2. The van der Waals surface area contributed by atoms with Gasteiger partial charge in [0, 0.05) is 17.7 Å². The summed E-state index contributed by atoms with van der Waals surface area (Å²) in [4.78, 5) is 26.7. The molecule has 2 atom stereocenters. The van der Waals surface area contributed by atoms with E-state index in [0.29, 0.717) is 36.5 Å². The average Bonchev–Trinajstić information content (AvgIpc) is 3.03. The zero-order chi connectivity index (χ0) is 20.3. The number of rotatable bonds is 8. The third-order valence-corrected chi connectivity index (χ3v) is 5.29. The number of hydrogen-bond acceptors (Lipinski definition) is 4. The monoisotopic (exact) mass is 384 g/mol. The summed E-state index contributed by atoms with van der Waals surface area (Å²) in [5, 5.41) is 2.96. The minimum Gasteiger partial charge on any atom is -0.493 e. The standard InChI is InChI=1S/C22H28N2O4/c1-5-17(14-9-11-20(27-4)21(13-14)28-7-3)24-18-10-8-15(19(25)6-2)12-16(18)23-22(24)26/h8-9,11-13,17-18H,5-7,10H2,1-4H3,(H,23,26)/t17-,18-/m0/s1. The molecule has 0 spiro atoms. The van der Waals surface area contributed by atoms with Gasteiger partial charge in [0.1, 0.15) is 0 Å².